The molecule has 2 rings (SSSR count). The summed E-state index contributed by atoms with van der Waals surface area (Å²) in [5.41, 5.74) is 2.71. The number of aromatic nitrogens is 2. The number of aryl methyl sites for hydroxylation is 1. The molecule has 1 heterocycles. The molecule has 1 aliphatic rings. The summed E-state index contributed by atoms with van der Waals surface area (Å²) in [6.45, 7) is 9.93. The molecule has 0 aliphatic heterocycles. The molecule has 1 aliphatic carbocycles. The van der Waals surface area contributed by atoms with Gasteiger partial charge in [0, 0.05) is 36.8 Å². The van der Waals surface area contributed by atoms with E-state index in [1.54, 1.807) is 0 Å². The first-order chi connectivity index (χ1) is 8.41. The lowest BCUT2D eigenvalue weighted by Gasteiger charge is -2.17. The van der Waals surface area contributed by atoms with Gasteiger partial charge in [-0.05, 0) is 18.8 Å². The second kappa shape index (κ2) is 5.04. The summed E-state index contributed by atoms with van der Waals surface area (Å²) in [4.78, 5) is 0. The van der Waals surface area contributed by atoms with E-state index in [4.69, 9.17) is 0 Å². The third-order valence-electron chi connectivity index (χ3n) is 3.75. The smallest absolute Gasteiger partial charge is 0.0722 e. The summed E-state index contributed by atoms with van der Waals surface area (Å²) in [5.74, 6) is 0.921. The minimum atomic E-state index is 0.130. The molecule has 1 fully saturated rings. The summed E-state index contributed by atoms with van der Waals surface area (Å²) < 4.78 is 1.94. The van der Waals surface area contributed by atoms with Gasteiger partial charge in [0.15, 0.2) is 0 Å². The van der Waals surface area contributed by atoms with Crippen LogP contribution < -0.4 is 5.32 Å². The first-order valence-electron chi connectivity index (χ1n) is 7.18. The Morgan fingerprint density at radius 1 is 1.44 bits per heavy atom. The van der Waals surface area contributed by atoms with Crippen LogP contribution in [-0.2, 0) is 19.0 Å². The van der Waals surface area contributed by atoms with Crippen molar-refractivity contribution in [2.24, 2.45) is 13.0 Å². The normalized spacial score (nSPS) is 23.4. The number of hydrogen-bond donors (Lipinski definition) is 1. The van der Waals surface area contributed by atoms with Crippen molar-refractivity contribution in [3.8, 4) is 0 Å². The highest BCUT2D eigenvalue weighted by Crippen LogP contribution is 2.35. The van der Waals surface area contributed by atoms with Gasteiger partial charge in [0.05, 0.1) is 5.69 Å². The van der Waals surface area contributed by atoms with Gasteiger partial charge in [0.25, 0.3) is 0 Å². The molecule has 18 heavy (non-hydrogen) atoms. The van der Waals surface area contributed by atoms with E-state index in [0.717, 1.165) is 18.5 Å². The summed E-state index contributed by atoms with van der Waals surface area (Å²) in [7, 11) is 2.01. The van der Waals surface area contributed by atoms with Crippen LogP contribution in [0.4, 0.5) is 0 Å². The third-order valence-corrected chi connectivity index (χ3v) is 3.75. The maximum atomic E-state index is 4.61. The highest BCUT2D eigenvalue weighted by atomic mass is 15.3. The van der Waals surface area contributed by atoms with Gasteiger partial charge in [-0.15, -0.1) is 0 Å². The number of nitrogens with zero attached hydrogens (tertiary/aromatic N) is 2. The molecule has 0 spiro atoms. The molecule has 1 saturated carbocycles. The van der Waals surface area contributed by atoms with Gasteiger partial charge in [0.2, 0.25) is 0 Å². The molecule has 0 bridgehead atoms. The molecule has 2 atom stereocenters. The van der Waals surface area contributed by atoms with Crippen LogP contribution >= 0.6 is 0 Å². The lowest BCUT2D eigenvalue weighted by atomic mass is 9.89. The van der Waals surface area contributed by atoms with Gasteiger partial charge in [0.1, 0.15) is 0 Å². The Morgan fingerprint density at radius 2 is 2.17 bits per heavy atom. The van der Waals surface area contributed by atoms with Crippen LogP contribution in [0.3, 0.4) is 0 Å². The number of rotatable bonds is 5. The fraction of sp³-hybridized carbons (Fsp3) is 0.800. The zero-order chi connectivity index (χ0) is 13.3. The third kappa shape index (κ3) is 3.14. The molecule has 0 aromatic carbocycles. The van der Waals surface area contributed by atoms with Gasteiger partial charge in [-0.2, -0.15) is 5.10 Å². The highest BCUT2D eigenvalue weighted by molar-refractivity contribution is 5.24. The highest BCUT2D eigenvalue weighted by Gasteiger charge is 2.35. The zero-order valence-corrected chi connectivity index (χ0v) is 12.5. The van der Waals surface area contributed by atoms with E-state index in [0.29, 0.717) is 0 Å². The van der Waals surface area contributed by atoms with Crippen LogP contribution in [0.2, 0.25) is 0 Å². The predicted octanol–water partition coefficient (Wildman–Crippen LogP) is 3.00. The van der Waals surface area contributed by atoms with Crippen molar-refractivity contribution >= 4 is 0 Å². The lowest BCUT2D eigenvalue weighted by Crippen LogP contribution is -2.21. The summed E-state index contributed by atoms with van der Waals surface area (Å²) in [6, 6.07) is 0.748. The molecule has 0 radical (unpaired) electrons. The fourth-order valence-corrected chi connectivity index (χ4v) is 2.73. The molecule has 0 amide bonds. The number of nitrogens with one attached hydrogen (secondary N) is 1. The van der Waals surface area contributed by atoms with Crippen LogP contribution in [0.1, 0.15) is 58.2 Å². The Kier molecular flexibility index (Phi) is 3.81. The minimum Gasteiger partial charge on any atom is -0.310 e. The maximum Gasteiger partial charge on any atom is 0.0722 e. The average molecular weight is 249 g/mol. The van der Waals surface area contributed by atoms with Gasteiger partial charge in [-0.1, -0.05) is 34.1 Å². The minimum absolute atomic E-state index is 0.130. The van der Waals surface area contributed by atoms with E-state index in [1.165, 1.54) is 30.5 Å². The van der Waals surface area contributed by atoms with Crippen LogP contribution in [-0.4, -0.2) is 15.8 Å². The SMILES string of the molecule is CCCC1CC1NCc1cn(C)nc1C(C)(C)C. The van der Waals surface area contributed by atoms with Crippen LogP contribution in [0, 0.1) is 5.92 Å². The van der Waals surface area contributed by atoms with E-state index < -0.39 is 0 Å². The monoisotopic (exact) mass is 249 g/mol. The van der Waals surface area contributed by atoms with Gasteiger partial charge in [-0.3, -0.25) is 4.68 Å². The van der Waals surface area contributed by atoms with Crippen molar-refractivity contribution in [3.05, 3.63) is 17.5 Å². The Labute approximate surface area is 111 Å². The van der Waals surface area contributed by atoms with Crippen molar-refractivity contribution in [1.29, 1.82) is 0 Å². The molecular weight excluding hydrogens is 222 g/mol. The standard InChI is InChI=1S/C15H27N3/c1-6-7-11-8-13(11)16-9-12-10-18(5)17-14(12)15(2,3)4/h10-11,13,16H,6-9H2,1-5H3. The topological polar surface area (TPSA) is 29.9 Å². The Hall–Kier alpha value is -0.830. The van der Waals surface area contributed by atoms with E-state index in [-0.39, 0.29) is 5.41 Å². The first-order valence-corrected chi connectivity index (χ1v) is 7.18. The molecule has 3 heteroatoms. The quantitative estimate of drug-likeness (QED) is 0.869. The van der Waals surface area contributed by atoms with Gasteiger partial charge in [-0.25, -0.2) is 0 Å². The molecule has 0 saturated heterocycles. The molecule has 1 aromatic heterocycles. The predicted molar refractivity (Wildman–Crippen MR) is 75.6 cm³/mol. The zero-order valence-electron chi connectivity index (χ0n) is 12.5. The lowest BCUT2D eigenvalue weighted by molar-refractivity contribution is 0.539. The summed E-state index contributed by atoms with van der Waals surface area (Å²) in [6.07, 6.45) is 6.20. The molecule has 2 unspecified atom stereocenters. The van der Waals surface area contributed by atoms with Gasteiger partial charge >= 0.3 is 0 Å². The molecule has 1 aromatic rings. The van der Waals surface area contributed by atoms with Crippen LogP contribution in [0.5, 0.6) is 0 Å². The maximum absolute atomic E-state index is 4.61. The van der Waals surface area contributed by atoms with Crippen molar-refractivity contribution in [2.75, 3.05) is 0 Å². The van der Waals surface area contributed by atoms with Crippen LogP contribution in [0.25, 0.3) is 0 Å². The van der Waals surface area contributed by atoms with Crippen molar-refractivity contribution in [1.82, 2.24) is 15.1 Å². The second-order valence-electron chi connectivity index (χ2n) is 6.70. The Morgan fingerprint density at radius 3 is 2.78 bits per heavy atom. The van der Waals surface area contributed by atoms with Gasteiger partial charge < -0.3 is 5.32 Å². The van der Waals surface area contributed by atoms with Crippen molar-refractivity contribution in [3.63, 3.8) is 0 Å². The summed E-state index contributed by atoms with van der Waals surface area (Å²) in [5, 5.41) is 8.29. The van der Waals surface area contributed by atoms with Crippen molar-refractivity contribution in [2.45, 2.75) is 65.0 Å². The van der Waals surface area contributed by atoms with E-state index in [2.05, 4.69) is 44.3 Å². The largest absolute Gasteiger partial charge is 0.310 e. The molecule has 1 N–H and O–H groups in total. The number of hydrogen-bond acceptors (Lipinski definition) is 2. The Balaban J connectivity index is 1.94. The summed E-state index contributed by atoms with van der Waals surface area (Å²) >= 11 is 0. The van der Waals surface area contributed by atoms with E-state index >= 15 is 0 Å². The molecule has 102 valence electrons. The molecular formula is C15H27N3. The van der Waals surface area contributed by atoms with Crippen molar-refractivity contribution < 1.29 is 0 Å². The Bertz CT molecular complexity index is 400. The molecule has 3 nitrogen and oxygen atoms in total. The fourth-order valence-electron chi connectivity index (χ4n) is 2.73. The van der Waals surface area contributed by atoms with E-state index in [9.17, 15) is 0 Å². The second-order valence-corrected chi connectivity index (χ2v) is 6.70. The average Bonchev–Trinajstić information content (AvgIpc) is 2.87. The van der Waals surface area contributed by atoms with E-state index in [1.807, 2.05) is 11.7 Å². The first kappa shape index (κ1) is 13.6. The van der Waals surface area contributed by atoms with Crippen LogP contribution in [0.15, 0.2) is 6.20 Å².